The van der Waals surface area contributed by atoms with E-state index in [0.717, 1.165) is 66.5 Å². The summed E-state index contributed by atoms with van der Waals surface area (Å²) >= 11 is 8.10. The number of benzene rings is 1. The van der Waals surface area contributed by atoms with Gasteiger partial charge < -0.3 is 4.98 Å². The third kappa shape index (κ3) is 3.63. The maximum Gasteiger partial charge on any atom is 0.259 e. The summed E-state index contributed by atoms with van der Waals surface area (Å²) in [5.41, 5.74) is 2.47. The number of nitrogens with one attached hydrogen (secondary N) is 1. The van der Waals surface area contributed by atoms with Gasteiger partial charge in [-0.1, -0.05) is 29.8 Å². The second-order valence-electron chi connectivity index (χ2n) is 8.06. The average molecular weight is 429 g/mol. The van der Waals surface area contributed by atoms with Crippen molar-refractivity contribution in [2.45, 2.75) is 38.8 Å². The molecule has 1 saturated heterocycles. The molecule has 0 saturated carbocycles. The second kappa shape index (κ2) is 7.84. The Morgan fingerprint density at radius 2 is 2.00 bits per heavy atom. The first kappa shape index (κ1) is 19.2. The van der Waals surface area contributed by atoms with Crippen LogP contribution in [0.25, 0.3) is 10.2 Å². The Kier molecular flexibility index (Phi) is 5.20. The molecule has 1 aliphatic heterocycles. The fraction of sp³-hybridized carbons (Fsp3) is 0.455. The van der Waals surface area contributed by atoms with Crippen LogP contribution in [0, 0.1) is 0 Å². The number of aromatic amines is 1. The number of thiophene rings is 1. The number of piperazine rings is 1. The predicted molar refractivity (Wildman–Crippen MR) is 119 cm³/mol. The highest BCUT2D eigenvalue weighted by molar-refractivity contribution is 7.18. The van der Waals surface area contributed by atoms with E-state index < -0.39 is 0 Å². The number of aromatic nitrogens is 2. The number of rotatable bonds is 4. The predicted octanol–water partition coefficient (Wildman–Crippen LogP) is 4.01. The lowest BCUT2D eigenvalue weighted by molar-refractivity contribution is 0.0962. The summed E-state index contributed by atoms with van der Waals surface area (Å²) in [6, 6.07) is 8.40. The first-order valence-electron chi connectivity index (χ1n) is 10.3. The van der Waals surface area contributed by atoms with Crippen LogP contribution in [-0.2, 0) is 19.4 Å². The van der Waals surface area contributed by atoms with Gasteiger partial charge in [0.1, 0.15) is 10.7 Å². The van der Waals surface area contributed by atoms with Crippen molar-refractivity contribution in [2.75, 3.05) is 26.2 Å². The van der Waals surface area contributed by atoms with E-state index in [0.29, 0.717) is 12.6 Å². The van der Waals surface area contributed by atoms with Crippen molar-refractivity contribution in [1.82, 2.24) is 19.8 Å². The summed E-state index contributed by atoms with van der Waals surface area (Å²) in [7, 11) is 0. The lowest BCUT2D eigenvalue weighted by Crippen LogP contribution is -2.47. The van der Waals surface area contributed by atoms with Gasteiger partial charge in [0.05, 0.1) is 11.9 Å². The minimum Gasteiger partial charge on any atom is -0.309 e. The molecule has 7 heteroatoms. The number of hydrogen-bond acceptors (Lipinski definition) is 5. The van der Waals surface area contributed by atoms with E-state index in [1.165, 1.54) is 16.0 Å². The molecule has 1 N–H and O–H groups in total. The number of fused-ring (bicyclic) bond motifs is 3. The zero-order valence-corrected chi connectivity index (χ0v) is 18.2. The first-order chi connectivity index (χ1) is 14.1. The molecule has 0 unspecified atom stereocenters. The van der Waals surface area contributed by atoms with Gasteiger partial charge in [-0.25, -0.2) is 4.98 Å². The Bertz CT molecular complexity index is 1100. The van der Waals surface area contributed by atoms with Gasteiger partial charge in [0.25, 0.3) is 5.56 Å². The molecule has 0 spiro atoms. The maximum atomic E-state index is 12.7. The Morgan fingerprint density at radius 1 is 1.21 bits per heavy atom. The van der Waals surface area contributed by atoms with Crippen molar-refractivity contribution >= 4 is 33.2 Å². The molecular weight excluding hydrogens is 404 g/mol. The zero-order valence-electron chi connectivity index (χ0n) is 16.6. The average Bonchev–Trinajstić information content (AvgIpc) is 3.29. The quantitative estimate of drug-likeness (QED) is 0.682. The van der Waals surface area contributed by atoms with Crippen LogP contribution in [0.15, 0.2) is 29.1 Å². The van der Waals surface area contributed by atoms with E-state index in [4.69, 9.17) is 16.6 Å². The Hall–Kier alpha value is -1.73. The van der Waals surface area contributed by atoms with Crippen molar-refractivity contribution < 1.29 is 0 Å². The number of halogens is 1. The molecule has 29 heavy (non-hydrogen) atoms. The molecule has 5 rings (SSSR count). The smallest absolute Gasteiger partial charge is 0.259 e. The van der Waals surface area contributed by atoms with Gasteiger partial charge in [0.15, 0.2) is 0 Å². The van der Waals surface area contributed by atoms with Crippen LogP contribution in [-0.4, -0.2) is 45.9 Å². The zero-order chi connectivity index (χ0) is 20.0. The lowest BCUT2D eigenvalue weighted by atomic mass is 10.1. The molecule has 3 heterocycles. The molecule has 152 valence electrons. The number of hydrogen-bond donors (Lipinski definition) is 1. The van der Waals surface area contributed by atoms with Crippen LogP contribution >= 0.6 is 22.9 Å². The molecular formula is C22H25ClN4OS. The van der Waals surface area contributed by atoms with Crippen LogP contribution in [0.5, 0.6) is 0 Å². The molecule has 0 amide bonds. The third-order valence-electron chi connectivity index (χ3n) is 6.31. The molecule has 1 aliphatic carbocycles. The van der Waals surface area contributed by atoms with Crippen molar-refractivity contribution in [3.63, 3.8) is 0 Å². The van der Waals surface area contributed by atoms with Gasteiger partial charge in [-0.2, -0.15) is 0 Å². The van der Waals surface area contributed by atoms with E-state index in [2.05, 4.69) is 27.8 Å². The molecule has 2 aliphatic rings. The van der Waals surface area contributed by atoms with Crippen molar-refractivity contribution in [3.8, 4) is 0 Å². The highest BCUT2D eigenvalue weighted by atomic mass is 35.5. The van der Waals surface area contributed by atoms with E-state index in [1.807, 2.05) is 18.2 Å². The van der Waals surface area contributed by atoms with Gasteiger partial charge in [-0.15, -0.1) is 11.3 Å². The molecule has 2 aromatic heterocycles. The molecule has 1 fully saturated rings. The van der Waals surface area contributed by atoms with E-state index in [9.17, 15) is 4.79 Å². The van der Waals surface area contributed by atoms with Gasteiger partial charge in [0, 0.05) is 42.1 Å². The summed E-state index contributed by atoms with van der Waals surface area (Å²) in [6.45, 7) is 6.79. The topological polar surface area (TPSA) is 52.2 Å². The highest BCUT2D eigenvalue weighted by Gasteiger charge is 2.25. The number of nitrogens with zero attached hydrogens (tertiary/aromatic N) is 3. The van der Waals surface area contributed by atoms with Gasteiger partial charge in [-0.3, -0.25) is 14.6 Å². The van der Waals surface area contributed by atoms with Crippen LogP contribution in [0.2, 0.25) is 5.02 Å². The fourth-order valence-corrected chi connectivity index (χ4v) is 6.23. The number of H-pyrrole nitrogens is 1. The van der Waals surface area contributed by atoms with Crippen molar-refractivity contribution in [1.29, 1.82) is 0 Å². The third-order valence-corrected chi connectivity index (χ3v) is 7.84. The van der Waals surface area contributed by atoms with Crippen molar-refractivity contribution in [2.24, 2.45) is 0 Å². The van der Waals surface area contributed by atoms with Crippen LogP contribution in [0.4, 0.5) is 0 Å². The van der Waals surface area contributed by atoms with Crippen LogP contribution in [0.1, 0.15) is 41.2 Å². The van der Waals surface area contributed by atoms with Crippen LogP contribution < -0.4 is 5.56 Å². The Morgan fingerprint density at radius 3 is 2.79 bits per heavy atom. The molecule has 1 aromatic carbocycles. The van der Waals surface area contributed by atoms with Gasteiger partial charge >= 0.3 is 0 Å². The highest BCUT2D eigenvalue weighted by Crippen LogP contribution is 2.34. The number of aryl methyl sites for hydroxylation is 2. The van der Waals surface area contributed by atoms with Crippen LogP contribution in [0.3, 0.4) is 0 Å². The van der Waals surface area contributed by atoms with E-state index >= 15 is 0 Å². The summed E-state index contributed by atoms with van der Waals surface area (Å²) in [4.78, 5) is 27.6. The van der Waals surface area contributed by atoms with Crippen molar-refractivity contribution in [3.05, 3.63) is 61.5 Å². The van der Waals surface area contributed by atoms with E-state index in [-0.39, 0.29) is 5.56 Å². The lowest BCUT2D eigenvalue weighted by Gasteiger charge is -2.38. The molecule has 0 bridgehead atoms. The summed E-state index contributed by atoms with van der Waals surface area (Å²) in [6.07, 6.45) is 3.27. The minimum absolute atomic E-state index is 0.0374. The largest absolute Gasteiger partial charge is 0.309 e. The van der Waals surface area contributed by atoms with Gasteiger partial charge in [-0.05, 0) is 43.4 Å². The standard InChI is InChI=1S/C22H25ClN4OS/c1-14(15-5-2-3-7-17(15)23)27-11-9-26(10-12-27)13-19-24-21(28)20-16-6-4-8-18(16)29-22(20)25-19/h2-3,5,7,14H,4,6,8-13H2,1H3,(H,24,25,28)/t14-/m0/s1. The van der Waals surface area contributed by atoms with Gasteiger partial charge in [0.2, 0.25) is 0 Å². The fourth-order valence-electron chi connectivity index (χ4n) is 4.65. The Balaban J connectivity index is 1.26. The summed E-state index contributed by atoms with van der Waals surface area (Å²) in [5.74, 6) is 0.787. The molecule has 3 aromatic rings. The maximum absolute atomic E-state index is 12.7. The molecule has 0 radical (unpaired) electrons. The molecule has 5 nitrogen and oxygen atoms in total. The monoisotopic (exact) mass is 428 g/mol. The second-order valence-corrected chi connectivity index (χ2v) is 9.55. The summed E-state index contributed by atoms with van der Waals surface area (Å²) < 4.78 is 0. The minimum atomic E-state index is 0.0374. The molecule has 1 atom stereocenters. The first-order valence-corrected chi connectivity index (χ1v) is 11.5. The Labute approximate surface area is 179 Å². The summed E-state index contributed by atoms with van der Waals surface area (Å²) in [5, 5.41) is 1.67. The normalized spacial score (nSPS) is 19.0. The SMILES string of the molecule is C[C@@H](c1ccccc1Cl)N1CCN(Cc2nc3sc4c(c3c(=O)[nH]2)CCC4)CC1. The van der Waals surface area contributed by atoms with E-state index in [1.54, 1.807) is 11.3 Å².